The molecule has 0 aliphatic carbocycles. The maximum atomic E-state index is 13.9. The van der Waals surface area contributed by atoms with Crippen LogP contribution in [0.4, 0.5) is 4.39 Å². The van der Waals surface area contributed by atoms with E-state index in [1.807, 2.05) is 18.8 Å². The van der Waals surface area contributed by atoms with Crippen molar-refractivity contribution in [3.05, 3.63) is 63.2 Å². The Kier molecular flexibility index (Phi) is 10.6. The van der Waals surface area contributed by atoms with Crippen LogP contribution in [0.15, 0.2) is 46.1 Å². The Hall–Kier alpha value is -2.83. The fourth-order valence-electron chi connectivity index (χ4n) is 4.06. The normalized spacial score (nSPS) is 22.3. The zero-order valence-electron chi connectivity index (χ0n) is 22.2. The molecule has 1 aliphatic heterocycles. The second kappa shape index (κ2) is 13.5. The zero-order valence-corrected chi connectivity index (χ0v) is 23.1. The Labute approximate surface area is 225 Å². The second-order valence-corrected chi connectivity index (χ2v) is 11.0. The summed E-state index contributed by atoms with van der Waals surface area (Å²) in [6, 6.07) is 7.07. The zero-order chi connectivity index (χ0) is 28.7. The lowest BCUT2D eigenvalue weighted by Crippen LogP contribution is -2.39. The molecule has 1 saturated heterocycles. The monoisotopic (exact) mass is 571 g/mol. The maximum absolute atomic E-state index is 13.9. The summed E-state index contributed by atoms with van der Waals surface area (Å²) < 4.78 is 51.0. The summed E-state index contributed by atoms with van der Waals surface area (Å²) in [5.74, 6) is -1.46. The number of nitrogens with one attached hydrogen (secondary N) is 2. The van der Waals surface area contributed by atoms with Gasteiger partial charge in [-0.2, -0.15) is 9.48 Å². The highest BCUT2D eigenvalue weighted by atomic mass is 31.2. The number of para-hydroxylation sites is 1. The Bertz CT molecular complexity index is 1270. The van der Waals surface area contributed by atoms with Gasteiger partial charge in [0.15, 0.2) is 0 Å². The summed E-state index contributed by atoms with van der Waals surface area (Å²) in [6.07, 6.45) is -2.33. The molecular weight excluding hydrogens is 536 g/mol. The van der Waals surface area contributed by atoms with E-state index in [-0.39, 0.29) is 24.7 Å². The lowest BCUT2D eigenvalue weighted by molar-refractivity contribution is -0.146. The average Bonchev–Trinajstić information content (AvgIpc) is 3.28. The molecule has 12 nitrogen and oxygen atoms in total. The van der Waals surface area contributed by atoms with Gasteiger partial charge >= 0.3 is 19.4 Å². The molecule has 39 heavy (non-hydrogen) atoms. The molecule has 0 radical (unpaired) electrons. The molecule has 0 spiro atoms. The van der Waals surface area contributed by atoms with Crippen molar-refractivity contribution in [2.75, 3.05) is 6.61 Å². The molecule has 2 heterocycles. The van der Waals surface area contributed by atoms with Gasteiger partial charge in [0.25, 0.3) is 5.56 Å². The molecule has 14 heteroatoms. The fraction of sp³-hybridized carbons (Fsp3) is 0.560. The van der Waals surface area contributed by atoms with Crippen LogP contribution in [0, 0.1) is 11.7 Å². The van der Waals surface area contributed by atoms with E-state index in [1.165, 1.54) is 13.8 Å². The summed E-state index contributed by atoms with van der Waals surface area (Å²) in [4.78, 5) is 37.9. The first-order chi connectivity index (χ1) is 18.5. The van der Waals surface area contributed by atoms with Crippen LogP contribution in [0.5, 0.6) is 5.75 Å². The number of esters is 1. The van der Waals surface area contributed by atoms with Crippen LogP contribution in [-0.4, -0.2) is 51.6 Å². The highest BCUT2D eigenvalue weighted by Gasteiger charge is 2.43. The highest BCUT2D eigenvalue weighted by Crippen LogP contribution is 2.47. The molecule has 1 aliphatic rings. The molecule has 0 bridgehead atoms. The van der Waals surface area contributed by atoms with Gasteiger partial charge < -0.3 is 19.1 Å². The van der Waals surface area contributed by atoms with Crippen molar-refractivity contribution in [1.29, 1.82) is 0 Å². The third kappa shape index (κ3) is 8.09. The number of ether oxygens (including phenoxy) is 2. The number of hydrogen-bond donors (Lipinski definition) is 3. The van der Waals surface area contributed by atoms with Gasteiger partial charge in [-0.05, 0) is 31.9 Å². The van der Waals surface area contributed by atoms with Crippen LogP contribution >= 0.6 is 7.75 Å². The largest absolute Gasteiger partial charge is 0.464 e. The fourth-order valence-corrected chi connectivity index (χ4v) is 5.76. The number of carbonyl (C=O) groups excluding carboxylic acids is 1. The molecule has 1 unspecified atom stereocenters. The topological polar surface area (TPSA) is 158 Å². The van der Waals surface area contributed by atoms with Crippen molar-refractivity contribution in [2.45, 2.75) is 77.5 Å². The molecule has 216 valence electrons. The number of benzene rings is 1. The van der Waals surface area contributed by atoms with Crippen molar-refractivity contribution in [2.24, 2.45) is 5.92 Å². The molecule has 1 aromatic carbocycles. The number of aliphatic hydroxyl groups is 1. The van der Waals surface area contributed by atoms with Gasteiger partial charge in [0.05, 0.1) is 25.0 Å². The minimum absolute atomic E-state index is 0.139. The molecule has 2 aromatic rings. The molecule has 3 rings (SSSR count). The summed E-state index contributed by atoms with van der Waals surface area (Å²) in [6.45, 7) is 7.13. The lowest BCUT2D eigenvalue weighted by atomic mass is 10.1. The number of halogens is 1. The van der Waals surface area contributed by atoms with Crippen LogP contribution in [-0.2, 0) is 23.4 Å². The van der Waals surface area contributed by atoms with Gasteiger partial charge in [-0.25, -0.2) is 9.36 Å². The standard InChI is InChI=1S/C25H35FN3O9P/c1-5-17(6-2)14-35-24(32)15(3)28-39(34,38-18-10-8-7-9-11-18)37-16(4)22-20(30)12-21(36-22)29-13-19(26)23(31)27-25(29)33/h7-11,13,15-17,20-22,30H,5-6,12,14H2,1-4H3,(H,28,34)(H,27,31,33)/t15-,16+,20?,21+,22+,39-/m0/s1. The number of H-pyrrole nitrogens is 1. The number of aromatic nitrogens is 2. The van der Waals surface area contributed by atoms with Crippen molar-refractivity contribution in [1.82, 2.24) is 14.6 Å². The van der Waals surface area contributed by atoms with Gasteiger partial charge in [-0.15, -0.1) is 0 Å². The first-order valence-electron chi connectivity index (χ1n) is 12.8. The van der Waals surface area contributed by atoms with Crippen molar-refractivity contribution < 1.29 is 37.4 Å². The van der Waals surface area contributed by atoms with Crippen LogP contribution in [0.25, 0.3) is 0 Å². The van der Waals surface area contributed by atoms with E-state index in [4.69, 9.17) is 18.5 Å². The van der Waals surface area contributed by atoms with Gasteiger partial charge in [0, 0.05) is 6.42 Å². The number of hydrogen-bond acceptors (Lipinski definition) is 9. The highest BCUT2D eigenvalue weighted by molar-refractivity contribution is 7.52. The summed E-state index contributed by atoms with van der Waals surface area (Å²) in [5, 5.41) is 13.2. The van der Waals surface area contributed by atoms with Crippen LogP contribution in [0.2, 0.25) is 0 Å². The number of aliphatic hydroxyl groups excluding tert-OH is 1. The lowest BCUT2D eigenvalue weighted by Gasteiger charge is -2.29. The Morgan fingerprint density at radius 3 is 2.56 bits per heavy atom. The van der Waals surface area contributed by atoms with Crippen LogP contribution < -0.4 is 20.9 Å². The first kappa shape index (κ1) is 30.7. The Balaban J connectivity index is 1.76. The van der Waals surface area contributed by atoms with Gasteiger partial charge in [0.2, 0.25) is 5.82 Å². The van der Waals surface area contributed by atoms with E-state index >= 15 is 0 Å². The van der Waals surface area contributed by atoms with E-state index in [9.17, 15) is 28.4 Å². The quantitative estimate of drug-likeness (QED) is 0.241. The van der Waals surface area contributed by atoms with Crippen molar-refractivity contribution in [3.8, 4) is 5.75 Å². The minimum atomic E-state index is -4.28. The van der Waals surface area contributed by atoms with E-state index in [0.29, 0.717) is 6.20 Å². The predicted octanol–water partition coefficient (Wildman–Crippen LogP) is 2.87. The van der Waals surface area contributed by atoms with E-state index in [0.717, 1.165) is 17.4 Å². The molecule has 1 aromatic heterocycles. The third-order valence-corrected chi connectivity index (χ3v) is 8.19. The van der Waals surface area contributed by atoms with Gasteiger partial charge in [0.1, 0.15) is 24.1 Å². The molecule has 0 saturated carbocycles. The number of rotatable bonds is 13. The van der Waals surface area contributed by atoms with Crippen molar-refractivity contribution >= 4 is 13.7 Å². The summed E-state index contributed by atoms with van der Waals surface area (Å²) in [7, 11) is -4.28. The first-order valence-corrected chi connectivity index (χ1v) is 14.3. The van der Waals surface area contributed by atoms with Gasteiger partial charge in [-0.3, -0.25) is 23.7 Å². The Morgan fingerprint density at radius 2 is 1.92 bits per heavy atom. The SMILES string of the molecule is CCC(CC)COC(=O)[C@H](C)N[P@@](=O)(Oc1ccccc1)O[C@H](C)[C@H]1O[C@@H](n2cc(F)c(=O)[nH]c2=O)CC1O. The third-order valence-electron chi connectivity index (χ3n) is 6.43. The van der Waals surface area contributed by atoms with Crippen molar-refractivity contribution in [3.63, 3.8) is 0 Å². The number of aromatic amines is 1. The van der Waals surface area contributed by atoms with Gasteiger partial charge in [-0.1, -0.05) is 44.9 Å². The number of carbonyl (C=O) groups is 1. The summed E-state index contributed by atoms with van der Waals surface area (Å²) in [5.41, 5.74) is -2.10. The molecule has 0 amide bonds. The van der Waals surface area contributed by atoms with E-state index in [2.05, 4.69) is 5.09 Å². The van der Waals surface area contributed by atoms with Crippen LogP contribution in [0.3, 0.4) is 0 Å². The maximum Gasteiger partial charge on any atom is 0.459 e. The molecule has 6 atom stereocenters. The summed E-state index contributed by atoms with van der Waals surface area (Å²) >= 11 is 0. The molecular formula is C25H35FN3O9P. The number of nitrogens with zero attached hydrogens (tertiary/aromatic N) is 1. The van der Waals surface area contributed by atoms with E-state index in [1.54, 1.807) is 30.3 Å². The van der Waals surface area contributed by atoms with E-state index < -0.39 is 61.4 Å². The smallest absolute Gasteiger partial charge is 0.459 e. The molecule has 1 fully saturated rings. The Morgan fingerprint density at radius 1 is 1.26 bits per heavy atom. The second-order valence-electron chi connectivity index (χ2n) is 9.38. The minimum Gasteiger partial charge on any atom is -0.464 e. The predicted molar refractivity (Wildman–Crippen MR) is 139 cm³/mol. The molecule has 3 N–H and O–H groups in total. The average molecular weight is 572 g/mol. The van der Waals surface area contributed by atoms with Crippen LogP contribution in [0.1, 0.15) is 53.2 Å².